The van der Waals surface area contributed by atoms with Gasteiger partial charge < -0.3 is 5.32 Å². The summed E-state index contributed by atoms with van der Waals surface area (Å²) in [6.07, 6.45) is 4.01. The molecule has 1 saturated heterocycles. The van der Waals surface area contributed by atoms with E-state index in [1.165, 1.54) is 12.2 Å². The summed E-state index contributed by atoms with van der Waals surface area (Å²) in [6, 6.07) is 0.471. The maximum absolute atomic E-state index is 11.7. The van der Waals surface area contributed by atoms with Crippen LogP contribution in [0, 0.1) is 0 Å². The highest BCUT2D eigenvalue weighted by Gasteiger charge is 2.18. The zero-order valence-corrected chi connectivity index (χ0v) is 13.1. The molecule has 0 radical (unpaired) electrons. The second-order valence-corrected chi connectivity index (χ2v) is 8.45. The summed E-state index contributed by atoms with van der Waals surface area (Å²) in [5.74, 6) is 1.43. The number of hydrogen-bond acceptors (Lipinski definition) is 4. The van der Waals surface area contributed by atoms with E-state index in [0.29, 0.717) is 17.8 Å². The topological polar surface area (TPSA) is 58.2 Å². The van der Waals surface area contributed by atoms with Gasteiger partial charge in [-0.2, -0.15) is 11.8 Å². The zero-order valence-electron chi connectivity index (χ0n) is 11.4. The van der Waals surface area contributed by atoms with Crippen LogP contribution in [-0.2, 0) is 10.0 Å². The fraction of sp³-hybridized carbons (Fsp3) is 1.00. The van der Waals surface area contributed by atoms with Crippen LogP contribution >= 0.6 is 11.8 Å². The maximum Gasteiger partial charge on any atom is 0.211 e. The van der Waals surface area contributed by atoms with Gasteiger partial charge in [-0.3, -0.25) is 0 Å². The van der Waals surface area contributed by atoms with Crippen LogP contribution in [0.25, 0.3) is 0 Å². The van der Waals surface area contributed by atoms with E-state index in [0.717, 1.165) is 25.8 Å². The summed E-state index contributed by atoms with van der Waals surface area (Å²) in [5.41, 5.74) is 0. The first kappa shape index (κ1) is 16.3. The minimum absolute atomic E-state index is 0.254. The third-order valence-electron chi connectivity index (χ3n) is 2.95. The molecule has 0 bridgehead atoms. The Morgan fingerprint density at radius 1 is 1.33 bits per heavy atom. The van der Waals surface area contributed by atoms with Gasteiger partial charge in [-0.25, -0.2) is 13.1 Å². The molecule has 0 spiro atoms. The van der Waals surface area contributed by atoms with Gasteiger partial charge in [0.1, 0.15) is 0 Å². The Morgan fingerprint density at radius 2 is 2.11 bits per heavy atom. The lowest BCUT2D eigenvalue weighted by Gasteiger charge is -2.11. The predicted octanol–water partition coefficient (Wildman–Crippen LogP) is 1.58. The van der Waals surface area contributed by atoms with Crippen molar-refractivity contribution >= 4 is 21.8 Å². The highest BCUT2D eigenvalue weighted by atomic mass is 32.2. The summed E-state index contributed by atoms with van der Waals surface area (Å²) in [7, 11) is -3.06. The predicted molar refractivity (Wildman–Crippen MR) is 79.6 cm³/mol. The maximum atomic E-state index is 11.7. The second kappa shape index (κ2) is 8.40. The summed E-state index contributed by atoms with van der Waals surface area (Å²) < 4.78 is 26.2. The molecule has 1 aliphatic heterocycles. The van der Waals surface area contributed by atoms with Crippen LogP contribution in [0.5, 0.6) is 0 Å². The number of nitrogens with one attached hydrogen (secondary N) is 2. The van der Waals surface area contributed by atoms with Gasteiger partial charge in [0.15, 0.2) is 0 Å². The van der Waals surface area contributed by atoms with Gasteiger partial charge in [0, 0.05) is 17.8 Å². The average Bonchev–Trinajstić information content (AvgIpc) is 2.78. The van der Waals surface area contributed by atoms with Crippen LogP contribution in [0.4, 0.5) is 0 Å². The fourth-order valence-corrected chi connectivity index (χ4v) is 4.40. The van der Waals surface area contributed by atoms with Crippen molar-refractivity contribution in [2.75, 3.05) is 24.6 Å². The SMILES string of the molecule is CC(C)NCCCCS(=O)(=O)NCC1CCCS1. The van der Waals surface area contributed by atoms with E-state index in [9.17, 15) is 8.42 Å². The highest BCUT2D eigenvalue weighted by molar-refractivity contribution is 8.00. The molecular formula is C12H26N2O2S2. The molecule has 2 N–H and O–H groups in total. The van der Waals surface area contributed by atoms with Crippen molar-refractivity contribution in [3.63, 3.8) is 0 Å². The molecule has 0 aromatic heterocycles. The first-order valence-corrected chi connectivity index (χ1v) is 9.52. The van der Waals surface area contributed by atoms with E-state index in [1.807, 2.05) is 11.8 Å². The lowest BCUT2D eigenvalue weighted by atomic mass is 10.2. The molecular weight excluding hydrogens is 268 g/mol. The van der Waals surface area contributed by atoms with E-state index in [4.69, 9.17) is 0 Å². The first-order chi connectivity index (χ1) is 8.49. The van der Waals surface area contributed by atoms with Crippen LogP contribution in [-0.4, -0.2) is 44.3 Å². The van der Waals surface area contributed by atoms with Crippen LogP contribution < -0.4 is 10.0 Å². The van der Waals surface area contributed by atoms with Crippen LogP contribution in [0.3, 0.4) is 0 Å². The van der Waals surface area contributed by atoms with Gasteiger partial charge >= 0.3 is 0 Å². The summed E-state index contributed by atoms with van der Waals surface area (Å²) in [4.78, 5) is 0. The van der Waals surface area contributed by atoms with Gasteiger partial charge in [-0.1, -0.05) is 13.8 Å². The van der Waals surface area contributed by atoms with E-state index < -0.39 is 10.0 Å². The number of thioether (sulfide) groups is 1. The monoisotopic (exact) mass is 294 g/mol. The average molecular weight is 294 g/mol. The van der Waals surface area contributed by atoms with Crippen molar-refractivity contribution in [3.05, 3.63) is 0 Å². The third kappa shape index (κ3) is 7.61. The van der Waals surface area contributed by atoms with Gasteiger partial charge in [-0.15, -0.1) is 0 Å². The van der Waals surface area contributed by atoms with Crippen molar-refractivity contribution in [3.8, 4) is 0 Å². The normalized spacial score (nSPS) is 20.7. The summed E-state index contributed by atoms with van der Waals surface area (Å²) >= 11 is 1.88. The molecule has 0 aliphatic carbocycles. The van der Waals surface area contributed by atoms with E-state index in [2.05, 4.69) is 23.9 Å². The molecule has 0 aromatic carbocycles. The van der Waals surface area contributed by atoms with Crippen molar-refractivity contribution < 1.29 is 8.42 Å². The Balaban J connectivity index is 2.07. The quantitative estimate of drug-likeness (QED) is 0.634. The van der Waals surface area contributed by atoms with Crippen molar-refractivity contribution in [1.29, 1.82) is 0 Å². The molecule has 0 saturated carbocycles. The molecule has 6 heteroatoms. The van der Waals surface area contributed by atoms with Gasteiger partial charge in [0.05, 0.1) is 5.75 Å². The van der Waals surface area contributed by atoms with Crippen LogP contribution in [0.1, 0.15) is 39.5 Å². The molecule has 18 heavy (non-hydrogen) atoms. The van der Waals surface area contributed by atoms with Gasteiger partial charge in [0.2, 0.25) is 10.0 Å². The first-order valence-electron chi connectivity index (χ1n) is 6.82. The van der Waals surface area contributed by atoms with Crippen LogP contribution in [0.2, 0.25) is 0 Å². The summed E-state index contributed by atoms with van der Waals surface area (Å²) in [5, 5.41) is 3.78. The Bertz CT molecular complexity index is 312. The Kier molecular flexibility index (Phi) is 7.60. The number of rotatable bonds is 9. The molecule has 1 rings (SSSR count). The molecule has 0 amide bonds. The Hall–Kier alpha value is 0.220. The largest absolute Gasteiger partial charge is 0.315 e. The minimum Gasteiger partial charge on any atom is -0.315 e. The van der Waals surface area contributed by atoms with E-state index in [-0.39, 0.29) is 5.75 Å². The standard InChI is InChI=1S/C12H26N2O2S2/c1-11(2)13-7-3-4-9-18(15,16)14-10-12-6-5-8-17-12/h11-14H,3-10H2,1-2H3. The zero-order chi connectivity index (χ0) is 13.4. The van der Waals surface area contributed by atoms with Crippen LogP contribution in [0.15, 0.2) is 0 Å². The number of unbranched alkanes of at least 4 members (excludes halogenated alkanes) is 1. The smallest absolute Gasteiger partial charge is 0.211 e. The van der Waals surface area contributed by atoms with E-state index >= 15 is 0 Å². The molecule has 1 unspecified atom stereocenters. The lowest BCUT2D eigenvalue weighted by Crippen LogP contribution is -2.32. The minimum atomic E-state index is -3.06. The van der Waals surface area contributed by atoms with Crippen molar-refractivity contribution in [1.82, 2.24) is 10.0 Å². The molecule has 0 aromatic rings. The molecule has 1 aliphatic rings. The number of hydrogen-bond donors (Lipinski definition) is 2. The molecule has 1 heterocycles. The Labute approximate surface area is 116 Å². The lowest BCUT2D eigenvalue weighted by molar-refractivity contribution is 0.554. The third-order valence-corrected chi connectivity index (χ3v) is 5.78. The van der Waals surface area contributed by atoms with Crippen molar-refractivity contribution in [2.24, 2.45) is 0 Å². The number of sulfonamides is 1. The summed E-state index contributed by atoms with van der Waals surface area (Å²) in [6.45, 7) is 5.69. The molecule has 1 atom stereocenters. The highest BCUT2D eigenvalue weighted by Crippen LogP contribution is 2.25. The molecule has 1 fully saturated rings. The van der Waals surface area contributed by atoms with Gasteiger partial charge in [-0.05, 0) is 38.0 Å². The second-order valence-electron chi connectivity index (χ2n) is 5.12. The Morgan fingerprint density at radius 3 is 2.72 bits per heavy atom. The van der Waals surface area contributed by atoms with Gasteiger partial charge in [0.25, 0.3) is 0 Å². The van der Waals surface area contributed by atoms with E-state index in [1.54, 1.807) is 0 Å². The van der Waals surface area contributed by atoms with Crippen molar-refractivity contribution in [2.45, 2.75) is 50.8 Å². The molecule has 4 nitrogen and oxygen atoms in total. The fourth-order valence-electron chi connectivity index (χ4n) is 1.91. The molecule has 108 valence electrons.